The minimum atomic E-state index is 0.0185. The molecule has 3 rings (SSSR count). The highest BCUT2D eigenvalue weighted by Crippen LogP contribution is 2.21. The zero-order valence-electron chi connectivity index (χ0n) is 11.5. The Bertz CT molecular complexity index is 588. The fraction of sp³-hybridized carbons (Fsp3) is 0.235. The lowest BCUT2D eigenvalue weighted by atomic mass is 10.1. The second kappa shape index (κ2) is 5.47. The Hall–Kier alpha value is -2.13. The van der Waals surface area contributed by atoms with E-state index in [0.29, 0.717) is 12.1 Å². The third kappa shape index (κ3) is 2.89. The summed E-state index contributed by atoms with van der Waals surface area (Å²) in [7, 11) is 0. The van der Waals surface area contributed by atoms with E-state index in [0.717, 1.165) is 12.3 Å². The molecule has 0 spiro atoms. The number of hydrogen-bond acceptors (Lipinski definition) is 2. The summed E-state index contributed by atoms with van der Waals surface area (Å²) in [6.07, 6.45) is 0.170. The van der Waals surface area contributed by atoms with Gasteiger partial charge < -0.3 is 9.64 Å². The van der Waals surface area contributed by atoms with Crippen LogP contribution in [0.5, 0.6) is 0 Å². The monoisotopic (exact) mass is 267 g/mol. The van der Waals surface area contributed by atoms with Crippen molar-refractivity contribution in [3.63, 3.8) is 0 Å². The maximum absolute atomic E-state index is 12.7. The van der Waals surface area contributed by atoms with Gasteiger partial charge in [-0.1, -0.05) is 35.9 Å². The van der Waals surface area contributed by atoms with E-state index >= 15 is 0 Å². The first-order valence-electron chi connectivity index (χ1n) is 6.79. The number of epoxide rings is 1. The van der Waals surface area contributed by atoms with Crippen LogP contribution in [0.1, 0.15) is 15.9 Å². The molecule has 3 nitrogen and oxygen atoms in total. The lowest BCUT2D eigenvalue weighted by Gasteiger charge is -2.22. The van der Waals surface area contributed by atoms with Gasteiger partial charge >= 0.3 is 0 Å². The first-order chi connectivity index (χ1) is 9.74. The Kier molecular flexibility index (Phi) is 3.52. The maximum Gasteiger partial charge on any atom is 0.258 e. The number of hydrogen-bond donors (Lipinski definition) is 0. The molecule has 20 heavy (non-hydrogen) atoms. The van der Waals surface area contributed by atoms with Crippen molar-refractivity contribution in [3.8, 4) is 0 Å². The molecule has 0 saturated carbocycles. The van der Waals surface area contributed by atoms with E-state index in [-0.39, 0.29) is 12.0 Å². The van der Waals surface area contributed by atoms with Crippen LogP contribution in [0.25, 0.3) is 0 Å². The number of anilines is 1. The second-order valence-corrected chi connectivity index (χ2v) is 5.07. The van der Waals surface area contributed by atoms with Gasteiger partial charge in [-0.25, -0.2) is 0 Å². The van der Waals surface area contributed by atoms with Gasteiger partial charge in [-0.15, -0.1) is 0 Å². The van der Waals surface area contributed by atoms with E-state index in [9.17, 15) is 4.79 Å². The van der Waals surface area contributed by atoms with Crippen LogP contribution in [0.3, 0.4) is 0 Å². The van der Waals surface area contributed by atoms with Crippen LogP contribution in [-0.2, 0) is 4.74 Å². The van der Waals surface area contributed by atoms with E-state index in [1.807, 2.05) is 61.5 Å². The van der Waals surface area contributed by atoms with Crippen LogP contribution < -0.4 is 4.90 Å². The van der Waals surface area contributed by atoms with Crippen LogP contribution in [0.15, 0.2) is 54.6 Å². The lowest BCUT2D eigenvalue weighted by molar-refractivity contribution is 0.0984. The summed E-state index contributed by atoms with van der Waals surface area (Å²) >= 11 is 0. The number of nitrogens with zero attached hydrogens (tertiary/aromatic N) is 1. The van der Waals surface area contributed by atoms with Crippen molar-refractivity contribution in [1.29, 1.82) is 0 Å². The number of ether oxygens (including phenoxy) is 1. The Morgan fingerprint density at radius 1 is 1.15 bits per heavy atom. The molecule has 1 aliphatic rings. The lowest BCUT2D eigenvalue weighted by Crippen LogP contribution is -2.34. The molecule has 1 saturated heterocycles. The zero-order valence-corrected chi connectivity index (χ0v) is 11.5. The number of carbonyl (C=O) groups excluding carboxylic acids is 1. The molecule has 1 amide bonds. The normalized spacial score (nSPS) is 16.8. The van der Waals surface area contributed by atoms with Gasteiger partial charge in [0.2, 0.25) is 0 Å². The molecule has 0 bridgehead atoms. The predicted octanol–water partition coefficient (Wildman–Crippen LogP) is 3.04. The van der Waals surface area contributed by atoms with Gasteiger partial charge in [0.1, 0.15) is 0 Å². The molecule has 1 unspecified atom stereocenters. The van der Waals surface area contributed by atoms with E-state index in [4.69, 9.17) is 4.74 Å². The largest absolute Gasteiger partial charge is 0.371 e. The smallest absolute Gasteiger partial charge is 0.258 e. The summed E-state index contributed by atoms with van der Waals surface area (Å²) in [4.78, 5) is 14.5. The van der Waals surface area contributed by atoms with Crippen molar-refractivity contribution in [2.24, 2.45) is 0 Å². The van der Waals surface area contributed by atoms with Crippen LogP contribution in [-0.4, -0.2) is 25.2 Å². The number of benzene rings is 2. The topological polar surface area (TPSA) is 32.8 Å². The van der Waals surface area contributed by atoms with E-state index in [1.165, 1.54) is 5.56 Å². The first kappa shape index (κ1) is 12.9. The average molecular weight is 267 g/mol. The summed E-state index contributed by atoms with van der Waals surface area (Å²) in [6, 6.07) is 17.4. The highest BCUT2D eigenvalue weighted by molar-refractivity contribution is 6.06. The zero-order chi connectivity index (χ0) is 13.9. The van der Waals surface area contributed by atoms with Gasteiger partial charge in [-0.3, -0.25) is 4.79 Å². The number of rotatable bonds is 4. The van der Waals surface area contributed by atoms with Crippen LogP contribution in [0.2, 0.25) is 0 Å². The molecule has 1 aliphatic heterocycles. The summed E-state index contributed by atoms with van der Waals surface area (Å²) in [5.41, 5.74) is 2.80. The predicted molar refractivity (Wildman–Crippen MR) is 79.0 cm³/mol. The van der Waals surface area contributed by atoms with Crippen LogP contribution in [0, 0.1) is 6.92 Å². The molecule has 102 valence electrons. The number of amides is 1. The van der Waals surface area contributed by atoms with Crippen molar-refractivity contribution in [1.82, 2.24) is 0 Å². The van der Waals surface area contributed by atoms with Crippen molar-refractivity contribution in [2.45, 2.75) is 13.0 Å². The molecular weight excluding hydrogens is 250 g/mol. The summed E-state index contributed by atoms with van der Waals surface area (Å²) in [5.74, 6) is 0.0185. The SMILES string of the molecule is Cc1ccc(N(CC2CO2)C(=O)c2ccccc2)cc1. The van der Waals surface area contributed by atoms with Crippen molar-refractivity contribution < 1.29 is 9.53 Å². The second-order valence-electron chi connectivity index (χ2n) is 5.07. The van der Waals surface area contributed by atoms with Gasteiger partial charge in [0.15, 0.2) is 0 Å². The highest BCUT2D eigenvalue weighted by atomic mass is 16.6. The molecule has 0 N–H and O–H groups in total. The Balaban J connectivity index is 1.89. The van der Waals surface area contributed by atoms with E-state index in [1.54, 1.807) is 4.90 Å². The molecule has 1 atom stereocenters. The van der Waals surface area contributed by atoms with Crippen molar-refractivity contribution in [3.05, 3.63) is 65.7 Å². The maximum atomic E-state index is 12.7. The van der Waals surface area contributed by atoms with E-state index < -0.39 is 0 Å². The third-order valence-corrected chi connectivity index (χ3v) is 3.40. The van der Waals surface area contributed by atoms with Gasteiger partial charge in [0, 0.05) is 11.3 Å². The summed E-state index contributed by atoms with van der Waals surface area (Å²) in [5, 5.41) is 0. The Morgan fingerprint density at radius 2 is 1.80 bits per heavy atom. The minimum Gasteiger partial charge on any atom is -0.371 e. The Morgan fingerprint density at radius 3 is 2.40 bits per heavy atom. The fourth-order valence-corrected chi connectivity index (χ4v) is 2.14. The molecule has 0 aliphatic carbocycles. The molecule has 2 aromatic rings. The van der Waals surface area contributed by atoms with Gasteiger partial charge in [0.25, 0.3) is 5.91 Å². The standard InChI is InChI=1S/C17H17NO2/c1-13-7-9-15(10-8-13)18(11-16-12-20-16)17(19)14-5-3-2-4-6-14/h2-10,16H,11-12H2,1H3. The molecule has 2 aromatic carbocycles. The number of carbonyl (C=O) groups is 1. The third-order valence-electron chi connectivity index (χ3n) is 3.40. The van der Waals surface area contributed by atoms with E-state index in [2.05, 4.69) is 0 Å². The molecular formula is C17H17NO2. The van der Waals surface area contributed by atoms with Crippen molar-refractivity contribution in [2.75, 3.05) is 18.1 Å². The highest BCUT2D eigenvalue weighted by Gasteiger charge is 2.29. The molecule has 0 radical (unpaired) electrons. The molecule has 0 aromatic heterocycles. The summed E-state index contributed by atoms with van der Waals surface area (Å²) < 4.78 is 5.28. The van der Waals surface area contributed by atoms with Gasteiger partial charge in [-0.05, 0) is 31.2 Å². The Labute approximate surface area is 118 Å². The quantitative estimate of drug-likeness (QED) is 0.798. The van der Waals surface area contributed by atoms with Crippen LogP contribution in [0.4, 0.5) is 5.69 Å². The number of aryl methyl sites for hydroxylation is 1. The fourth-order valence-electron chi connectivity index (χ4n) is 2.14. The average Bonchev–Trinajstić information content (AvgIpc) is 3.30. The van der Waals surface area contributed by atoms with Crippen molar-refractivity contribution >= 4 is 11.6 Å². The summed E-state index contributed by atoms with van der Waals surface area (Å²) in [6.45, 7) is 3.39. The van der Waals surface area contributed by atoms with Gasteiger partial charge in [-0.2, -0.15) is 0 Å². The van der Waals surface area contributed by atoms with Gasteiger partial charge in [0.05, 0.1) is 19.3 Å². The molecule has 1 fully saturated rings. The molecule has 3 heteroatoms. The minimum absolute atomic E-state index is 0.0185. The first-order valence-corrected chi connectivity index (χ1v) is 6.79. The molecule has 1 heterocycles. The van der Waals surface area contributed by atoms with Crippen LogP contribution >= 0.6 is 0 Å².